The summed E-state index contributed by atoms with van der Waals surface area (Å²) in [6.45, 7) is 2.06. The van der Waals surface area contributed by atoms with E-state index in [9.17, 15) is 19.5 Å². The second kappa shape index (κ2) is 9.39. The molecule has 0 aliphatic carbocycles. The number of aliphatic hydroxyl groups is 1. The predicted octanol–water partition coefficient (Wildman–Crippen LogP) is 5.27. The van der Waals surface area contributed by atoms with Crippen molar-refractivity contribution in [2.45, 2.75) is 19.4 Å². The van der Waals surface area contributed by atoms with Crippen LogP contribution >= 0.6 is 11.3 Å². The van der Waals surface area contributed by atoms with Crippen LogP contribution in [0.3, 0.4) is 0 Å². The Labute approximate surface area is 211 Å². The number of aryl methyl sites for hydroxylation is 1. The van der Waals surface area contributed by atoms with Gasteiger partial charge in [-0.2, -0.15) is 0 Å². The van der Waals surface area contributed by atoms with Crippen molar-refractivity contribution in [3.8, 4) is 0 Å². The van der Waals surface area contributed by atoms with Gasteiger partial charge in [0.1, 0.15) is 5.76 Å². The van der Waals surface area contributed by atoms with Gasteiger partial charge in [-0.3, -0.25) is 14.5 Å². The molecule has 0 radical (unpaired) electrons. The molecule has 5 rings (SSSR count). The van der Waals surface area contributed by atoms with Crippen molar-refractivity contribution >= 4 is 50.1 Å². The maximum Gasteiger partial charge on any atom is 0.337 e. The highest BCUT2D eigenvalue weighted by Crippen LogP contribution is 2.44. The van der Waals surface area contributed by atoms with E-state index in [0.717, 1.165) is 22.2 Å². The van der Waals surface area contributed by atoms with Crippen molar-refractivity contribution in [2.75, 3.05) is 12.0 Å². The van der Waals surface area contributed by atoms with Crippen LogP contribution in [0.2, 0.25) is 0 Å². The SMILES string of the molecule is CCc1ccc2nc(N3C(=O)C(=O)C(=C(O)c4ccccc4)C3c3ccc(C(=O)OC)cc3)sc2c1. The average Bonchev–Trinajstić information content (AvgIpc) is 3.45. The van der Waals surface area contributed by atoms with Crippen LogP contribution in [-0.4, -0.2) is 34.9 Å². The summed E-state index contributed by atoms with van der Waals surface area (Å²) in [6.07, 6.45) is 0.858. The number of anilines is 1. The number of hydrogen-bond acceptors (Lipinski definition) is 7. The van der Waals surface area contributed by atoms with Gasteiger partial charge in [0.25, 0.3) is 5.78 Å². The lowest BCUT2D eigenvalue weighted by Crippen LogP contribution is -2.29. The van der Waals surface area contributed by atoms with E-state index in [1.165, 1.54) is 23.3 Å². The number of carbonyl (C=O) groups excluding carboxylic acids is 3. The van der Waals surface area contributed by atoms with Crippen molar-refractivity contribution in [3.63, 3.8) is 0 Å². The third-order valence-electron chi connectivity index (χ3n) is 6.20. The molecule has 8 heteroatoms. The summed E-state index contributed by atoms with van der Waals surface area (Å²) in [5.41, 5.74) is 3.12. The molecular formula is C28H22N2O5S. The van der Waals surface area contributed by atoms with Crippen molar-refractivity contribution in [1.29, 1.82) is 0 Å². The molecule has 36 heavy (non-hydrogen) atoms. The Bertz CT molecular complexity index is 1520. The van der Waals surface area contributed by atoms with Crippen molar-refractivity contribution in [2.24, 2.45) is 0 Å². The zero-order valence-electron chi connectivity index (χ0n) is 19.6. The van der Waals surface area contributed by atoms with Crippen LogP contribution in [0, 0.1) is 0 Å². The minimum Gasteiger partial charge on any atom is -0.507 e. The first-order chi connectivity index (χ1) is 17.4. The Kier molecular flexibility index (Phi) is 6.12. The molecule has 1 atom stereocenters. The summed E-state index contributed by atoms with van der Waals surface area (Å²) in [7, 11) is 1.29. The molecule has 1 N–H and O–H groups in total. The molecule has 1 aromatic heterocycles. The maximum absolute atomic E-state index is 13.4. The van der Waals surface area contributed by atoms with E-state index >= 15 is 0 Å². The van der Waals surface area contributed by atoms with Gasteiger partial charge >= 0.3 is 11.9 Å². The number of ether oxygens (including phenoxy) is 1. The monoisotopic (exact) mass is 498 g/mol. The molecule has 7 nitrogen and oxygen atoms in total. The number of hydrogen-bond donors (Lipinski definition) is 1. The molecule has 0 bridgehead atoms. The first kappa shape index (κ1) is 23.4. The molecule has 3 aromatic carbocycles. The van der Waals surface area contributed by atoms with E-state index in [1.54, 1.807) is 54.6 Å². The predicted molar refractivity (Wildman–Crippen MR) is 138 cm³/mol. The average molecular weight is 499 g/mol. The van der Waals surface area contributed by atoms with E-state index in [2.05, 4.69) is 11.9 Å². The van der Waals surface area contributed by atoms with E-state index in [0.29, 0.717) is 21.8 Å². The Balaban J connectivity index is 1.70. The quantitative estimate of drug-likeness (QED) is 0.174. The molecular weight excluding hydrogens is 476 g/mol. The summed E-state index contributed by atoms with van der Waals surface area (Å²) < 4.78 is 5.68. The normalized spacial score (nSPS) is 17.1. The van der Waals surface area contributed by atoms with Gasteiger partial charge in [0, 0.05) is 5.56 Å². The number of carbonyl (C=O) groups is 3. The number of benzene rings is 3. The molecule has 4 aromatic rings. The fourth-order valence-electron chi connectivity index (χ4n) is 4.30. The van der Waals surface area contributed by atoms with Crippen molar-refractivity contribution in [1.82, 2.24) is 4.98 Å². The standard InChI is InChI=1S/C28H22N2O5S/c1-3-16-9-14-20-21(15-16)36-28(29-20)30-23(17-10-12-19(13-11-17)27(34)35-2)22(25(32)26(30)33)24(31)18-7-5-4-6-8-18/h4-15,23,31H,3H2,1-2H3. The second-order valence-corrected chi connectivity index (χ2v) is 9.31. The molecule has 2 heterocycles. The number of fused-ring (bicyclic) bond motifs is 1. The molecule has 0 saturated carbocycles. The first-order valence-corrected chi connectivity index (χ1v) is 12.2. The number of rotatable bonds is 5. The molecule has 0 spiro atoms. The first-order valence-electron chi connectivity index (χ1n) is 11.4. The zero-order valence-corrected chi connectivity index (χ0v) is 20.4. The van der Waals surface area contributed by atoms with Crippen LogP contribution < -0.4 is 4.90 Å². The zero-order chi connectivity index (χ0) is 25.4. The van der Waals surface area contributed by atoms with Gasteiger partial charge in [-0.1, -0.05) is 66.8 Å². The maximum atomic E-state index is 13.4. The van der Waals surface area contributed by atoms with Gasteiger partial charge in [0.2, 0.25) is 0 Å². The molecule has 1 saturated heterocycles. The minimum absolute atomic E-state index is 0.0366. The Morgan fingerprint density at radius 3 is 2.42 bits per heavy atom. The van der Waals surface area contributed by atoms with Gasteiger partial charge in [0.05, 0.1) is 34.5 Å². The van der Waals surface area contributed by atoms with Crippen LogP contribution in [0.5, 0.6) is 0 Å². The number of amides is 1. The molecule has 180 valence electrons. The van der Waals surface area contributed by atoms with Crippen LogP contribution in [-0.2, 0) is 20.7 Å². The molecule has 1 aliphatic heterocycles. The number of thiazole rings is 1. The smallest absolute Gasteiger partial charge is 0.337 e. The minimum atomic E-state index is -0.928. The number of aromatic nitrogens is 1. The number of Topliss-reactive ketones (excluding diaryl/α,β-unsaturated/α-hetero) is 1. The Morgan fingerprint density at radius 2 is 1.75 bits per heavy atom. The van der Waals surface area contributed by atoms with Crippen LogP contribution in [0.4, 0.5) is 5.13 Å². The third kappa shape index (κ3) is 3.95. The number of ketones is 1. The Morgan fingerprint density at radius 1 is 1.03 bits per heavy atom. The van der Waals surface area contributed by atoms with E-state index in [-0.39, 0.29) is 11.3 Å². The lowest BCUT2D eigenvalue weighted by molar-refractivity contribution is -0.132. The van der Waals surface area contributed by atoms with Crippen LogP contribution in [0.15, 0.2) is 78.4 Å². The fourth-order valence-corrected chi connectivity index (χ4v) is 5.35. The summed E-state index contributed by atoms with van der Waals surface area (Å²) in [5, 5.41) is 11.5. The fraction of sp³-hybridized carbons (Fsp3) is 0.143. The summed E-state index contributed by atoms with van der Waals surface area (Å²) >= 11 is 1.31. The molecule has 1 fully saturated rings. The van der Waals surface area contributed by atoms with Gasteiger partial charge in [0.15, 0.2) is 5.13 Å². The van der Waals surface area contributed by atoms with Crippen molar-refractivity contribution in [3.05, 3.63) is 101 Å². The summed E-state index contributed by atoms with van der Waals surface area (Å²) in [6, 6.07) is 20.0. The topological polar surface area (TPSA) is 96.8 Å². The third-order valence-corrected chi connectivity index (χ3v) is 7.21. The van der Waals surface area contributed by atoms with Gasteiger partial charge < -0.3 is 9.84 Å². The lowest BCUT2D eigenvalue weighted by Gasteiger charge is -2.23. The van der Waals surface area contributed by atoms with Crippen LogP contribution in [0.25, 0.3) is 16.0 Å². The van der Waals surface area contributed by atoms with E-state index in [1.807, 2.05) is 18.2 Å². The summed E-state index contributed by atoms with van der Waals surface area (Å²) in [4.78, 5) is 44.6. The lowest BCUT2D eigenvalue weighted by atomic mass is 9.95. The number of esters is 1. The number of nitrogens with zero attached hydrogens (tertiary/aromatic N) is 2. The van der Waals surface area contributed by atoms with Crippen LogP contribution in [0.1, 0.15) is 40.0 Å². The highest BCUT2D eigenvalue weighted by Gasteiger charge is 2.48. The number of aliphatic hydroxyl groups excluding tert-OH is 1. The molecule has 1 aliphatic rings. The van der Waals surface area contributed by atoms with Gasteiger partial charge in [-0.25, -0.2) is 9.78 Å². The highest BCUT2D eigenvalue weighted by molar-refractivity contribution is 7.22. The highest BCUT2D eigenvalue weighted by atomic mass is 32.1. The van der Waals surface area contributed by atoms with E-state index < -0.39 is 23.7 Å². The summed E-state index contributed by atoms with van der Waals surface area (Å²) in [5.74, 6) is -2.35. The van der Waals surface area contributed by atoms with Gasteiger partial charge in [-0.15, -0.1) is 0 Å². The molecule has 1 unspecified atom stereocenters. The second-order valence-electron chi connectivity index (χ2n) is 8.30. The van der Waals surface area contributed by atoms with E-state index in [4.69, 9.17) is 4.74 Å². The van der Waals surface area contributed by atoms with Crippen molar-refractivity contribution < 1.29 is 24.2 Å². The Hall–Kier alpha value is -4.30. The molecule has 1 amide bonds. The van der Waals surface area contributed by atoms with Gasteiger partial charge in [-0.05, 0) is 41.8 Å². The number of methoxy groups -OCH3 is 1. The largest absolute Gasteiger partial charge is 0.507 e.